The summed E-state index contributed by atoms with van der Waals surface area (Å²) in [5, 5.41) is 1.34. The molecule has 0 saturated carbocycles. The van der Waals surface area contributed by atoms with Crippen LogP contribution in [0.15, 0.2) is 87.2 Å². The number of halogens is 1. The number of thioether (sulfide) groups is 1. The predicted octanol–water partition coefficient (Wildman–Crippen LogP) is 5.63. The zero-order chi connectivity index (χ0) is 22.1. The maximum absolute atomic E-state index is 13.6. The number of furan rings is 1. The maximum atomic E-state index is 13.6. The molecule has 0 aliphatic rings. The summed E-state index contributed by atoms with van der Waals surface area (Å²) < 4.78 is 26.4. The minimum atomic E-state index is -0.291. The van der Waals surface area contributed by atoms with Crippen LogP contribution < -0.4 is 10.3 Å². The van der Waals surface area contributed by atoms with E-state index in [1.807, 2.05) is 54.6 Å². The van der Waals surface area contributed by atoms with E-state index in [1.54, 1.807) is 17.7 Å². The number of para-hydroxylation sites is 1. The molecule has 2 aromatic heterocycles. The third-order valence-electron chi connectivity index (χ3n) is 5.18. The number of fused-ring (bicyclic) bond motifs is 3. The van der Waals surface area contributed by atoms with Gasteiger partial charge in [0.05, 0.1) is 13.7 Å². The van der Waals surface area contributed by atoms with Crippen LogP contribution in [-0.4, -0.2) is 16.7 Å². The van der Waals surface area contributed by atoms with Gasteiger partial charge in [0.25, 0.3) is 5.56 Å². The van der Waals surface area contributed by atoms with Gasteiger partial charge in [-0.25, -0.2) is 9.37 Å². The average molecular weight is 447 g/mol. The lowest BCUT2D eigenvalue weighted by atomic mass is 10.2. The molecule has 32 heavy (non-hydrogen) atoms. The Balaban J connectivity index is 1.63. The molecule has 0 saturated heterocycles. The van der Waals surface area contributed by atoms with Crippen LogP contribution in [0.5, 0.6) is 5.75 Å². The first-order valence-electron chi connectivity index (χ1n) is 10.0. The van der Waals surface area contributed by atoms with Crippen molar-refractivity contribution in [1.29, 1.82) is 0 Å². The summed E-state index contributed by atoms with van der Waals surface area (Å²) in [5.41, 5.74) is 2.84. The van der Waals surface area contributed by atoms with Crippen molar-refractivity contribution < 1.29 is 13.5 Å². The van der Waals surface area contributed by atoms with E-state index in [2.05, 4.69) is 0 Å². The van der Waals surface area contributed by atoms with E-state index in [1.165, 1.54) is 23.9 Å². The molecule has 5 aromatic rings. The van der Waals surface area contributed by atoms with Crippen LogP contribution in [0.1, 0.15) is 11.1 Å². The molecule has 0 radical (unpaired) electrons. The van der Waals surface area contributed by atoms with Crippen molar-refractivity contribution in [2.45, 2.75) is 17.5 Å². The van der Waals surface area contributed by atoms with E-state index in [9.17, 15) is 9.18 Å². The summed E-state index contributed by atoms with van der Waals surface area (Å²) in [5.74, 6) is 0.896. The molecule has 2 heterocycles. The lowest BCUT2D eigenvalue weighted by molar-refractivity contribution is 0.414. The molecular formula is C25H19FN2O3S. The molecule has 0 aliphatic heterocycles. The summed E-state index contributed by atoms with van der Waals surface area (Å²) in [7, 11) is 1.60. The molecule has 0 amide bonds. The van der Waals surface area contributed by atoms with E-state index in [4.69, 9.17) is 14.1 Å². The normalized spacial score (nSPS) is 11.3. The van der Waals surface area contributed by atoms with Crippen LogP contribution >= 0.6 is 11.8 Å². The Morgan fingerprint density at radius 3 is 2.69 bits per heavy atom. The molecule has 7 heteroatoms. The Labute approximate surface area is 187 Å². The van der Waals surface area contributed by atoms with Crippen molar-refractivity contribution in [2.24, 2.45) is 0 Å². The quantitative estimate of drug-likeness (QED) is 0.250. The number of nitrogens with zero attached hydrogens (tertiary/aromatic N) is 2. The van der Waals surface area contributed by atoms with Crippen LogP contribution in [-0.2, 0) is 12.3 Å². The first-order chi connectivity index (χ1) is 15.6. The zero-order valence-corrected chi connectivity index (χ0v) is 18.1. The molecule has 0 aliphatic carbocycles. The molecule has 0 bridgehead atoms. The number of methoxy groups -OCH3 is 1. The largest absolute Gasteiger partial charge is 0.497 e. The van der Waals surface area contributed by atoms with Crippen LogP contribution in [0.25, 0.3) is 22.1 Å². The molecule has 3 aromatic carbocycles. The van der Waals surface area contributed by atoms with Crippen LogP contribution in [0.4, 0.5) is 4.39 Å². The van der Waals surface area contributed by atoms with Crippen molar-refractivity contribution in [3.63, 3.8) is 0 Å². The zero-order valence-electron chi connectivity index (χ0n) is 17.2. The highest BCUT2D eigenvalue weighted by Crippen LogP contribution is 2.29. The number of ether oxygens (including phenoxy) is 1. The van der Waals surface area contributed by atoms with Gasteiger partial charge in [-0.3, -0.25) is 9.36 Å². The molecule has 0 fully saturated rings. The number of hydrogen-bond donors (Lipinski definition) is 0. The van der Waals surface area contributed by atoms with Gasteiger partial charge in [0, 0.05) is 11.1 Å². The summed E-state index contributed by atoms with van der Waals surface area (Å²) in [4.78, 5) is 18.3. The molecule has 160 valence electrons. The second kappa shape index (κ2) is 8.51. The fourth-order valence-electron chi connectivity index (χ4n) is 3.63. The molecule has 0 atom stereocenters. The van der Waals surface area contributed by atoms with Crippen molar-refractivity contribution in [3.8, 4) is 5.75 Å². The average Bonchev–Trinajstić information content (AvgIpc) is 3.19. The molecule has 0 spiro atoms. The molecular weight excluding hydrogens is 427 g/mol. The van der Waals surface area contributed by atoms with Gasteiger partial charge in [0.1, 0.15) is 22.7 Å². The highest BCUT2D eigenvalue weighted by Gasteiger charge is 2.18. The van der Waals surface area contributed by atoms with Crippen molar-refractivity contribution in [3.05, 3.63) is 100 Å². The Morgan fingerprint density at radius 2 is 1.84 bits per heavy atom. The first-order valence-corrected chi connectivity index (χ1v) is 11.0. The van der Waals surface area contributed by atoms with Crippen LogP contribution in [0.2, 0.25) is 0 Å². The van der Waals surface area contributed by atoms with Gasteiger partial charge in [0.15, 0.2) is 5.16 Å². The Morgan fingerprint density at radius 1 is 1.03 bits per heavy atom. The monoisotopic (exact) mass is 446 g/mol. The van der Waals surface area contributed by atoms with Gasteiger partial charge in [-0.15, -0.1) is 0 Å². The number of aromatic nitrogens is 2. The Kier molecular flexibility index (Phi) is 5.41. The summed E-state index contributed by atoms with van der Waals surface area (Å²) in [6.07, 6.45) is 0. The van der Waals surface area contributed by atoms with Gasteiger partial charge in [-0.1, -0.05) is 48.2 Å². The predicted molar refractivity (Wildman–Crippen MR) is 124 cm³/mol. The van der Waals surface area contributed by atoms with Crippen molar-refractivity contribution >= 4 is 33.8 Å². The lowest BCUT2D eigenvalue weighted by Gasteiger charge is -2.12. The van der Waals surface area contributed by atoms with Gasteiger partial charge < -0.3 is 9.15 Å². The molecule has 5 nitrogen and oxygen atoms in total. The van der Waals surface area contributed by atoms with E-state index < -0.39 is 0 Å². The SMILES string of the molecule is COc1cccc(Cn2c(SCc3cccc(F)c3)nc3c(oc4ccccc43)c2=O)c1. The lowest BCUT2D eigenvalue weighted by Crippen LogP contribution is -2.23. The number of hydrogen-bond acceptors (Lipinski definition) is 5. The molecule has 0 N–H and O–H groups in total. The second-order valence-electron chi connectivity index (χ2n) is 7.33. The van der Waals surface area contributed by atoms with Gasteiger partial charge in [-0.2, -0.15) is 0 Å². The third kappa shape index (κ3) is 3.87. The van der Waals surface area contributed by atoms with Crippen LogP contribution in [0.3, 0.4) is 0 Å². The standard InChI is InChI=1S/C25H19FN2O3S/c1-30-19-9-5-6-16(13-19)14-28-24(29)23-22(20-10-2-3-11-21(20)31-23)27-25(28)32-15-17-7-4-8-18(26)12-17/h2-13H,14-15H2,1H3. The van der Waals surface area contributed by atoms with E-state index >= 15 is 0 Å². The summed E-state index contributed by atoms with van der Waals surface area (Å²) in [6, 6.07) is 21.4. The van der Waals surface area contributed by atoms with E-state index in [0.717, 1.165) is 16.5 Å². The first kappa shape index (κ1) is 20.3. The topological polar surface area (TPSA) is 57.3 Å². The van der Waals surface area contributed by atoms with Gasteiger partial charge in [0.2, 0.25) is 5.58 Å². The van der Waals surface area contributed by atoms with E-state index in [-0.39, 0.29) is 17.0 Å². The van der Waals surface area contributed by atoms with Crippen molar-refractivity contribution in [1.82, 2.24) is 9.55 Å². The maximum Gasteiger partial charge on any atom is 0.298 e. The fraction of sp³-hybridized carbons (Fsp3) is 0.120. The minimum absolute atomic E-state index is 0.226. The molecule has 0 unspecified atom stereocenters. The highest BCUT2D eigenvalue weighted by atomic mass is 32.2. The van der Waals surface area contributed by atoms with Crippen molar-refractivity contribution in [2.75, 3.05) is 7.11 Å². The Bertz CT molecular complexity index is 1490. The minimum Gasteiger partial charge on any atom is -0.497 e. The van der Waals surface area contributed by atoms with Crippen LogP contribution in [0, 0.1) is 5.82 Å². The second-order valence-corrected chi connectivity index (χ2v) is 8.27. The van der Waals surface area contributed by atoms with Gasteiger partial charge >= 0.3 is 0 Å². The fourth-order valence-corrected chi connectivity index (χ4v) is 4.57. The molecule has 5 rings (SSSR count). The highest BCUT2D eigenvalue weighted by molar-refractivity contribution is 7.98. The third-order valence-corrected chi connectivity index (χ3v) is 6.23. The summed E-state index contributed by atoms with van der Waals surface area (Å²) >= 11 is 1.39. The van der Waals surface area contributed by atoms with Gasteiger partial charge in [-0.05, 0) is 47.5 Å². The smallest absolute Gasteiger partial charge is 0.298 e. The van der Waals surface area contributed by atoms with E-state index in [0.29, 0.717) is 34.3 Å². The Hall–Kier alpha value is -3.58. The summed E-state index contributed by atoms with van der Waals surface area (Å²) in [6.45, 7) is 0.307. The number of rotatable bonds is 6. The number of benzene rings is 3.